The molecule has 82 valence electrons. The summed E-state index contributed by atoms with van der Waals surface area (Å²) in [6.45, 7) is 2.41. The molecule has 0 radical (unpaired) electrons. The molecule has 1 aromatic carbocycles. The van der Waals surface area contributed by atoms with E-state index in [1.807, 2.05) is 37.3 Å². The summed E-state index contributed by atoms with van der Waals surface area (Å²) >= 11 is 0. The second-order valence-electron chi connectivity index (χ2n) is 3.84. The maximum Gasteiger partial charge on any atom is 0.248 e. The fourth-order valence-electron chi connectivity index (χ4n) is 1.61. The first-order valence-corrected chi connectivity index (χ1v) is 5.19. The largest absolute Gasteiger partial charge is 0.326 e. The number of pyridine rings is 1. The van der Waals surface area contributed by atoms with E-state index in [0.717, 1.165) is 16.8 Å². The topological polar surface area (TPSA) is 58.9 Å². The third-order valence-electron chi connectivity index (χ3n) is 2.50. The highest BCUT2D eigenvalue weighted by Crippen LogP contribution is 2.16. The Morgan fingerprint density at radius 2 is 1.88 bits per heavy atom. The molecule has 0 amide bonds. The fraction of sp³-hybridized carbons (Fsp3) is 0.154. The first-order chi connectivity index (χ1) is 7.69. The average molecular weight is 214 g/mol. The van der Waals surface area contributed by atoms with Crippen LogP contribution in [0.15, 0.2) is 41.2 Å². The van der Waals surface area contributed by atoms with Crippen LogP contribution in [-0.4, -0.2) is 4.98 Å². The molecule has 3 nitrogen and oxygen atoms in total. The van der Waals surface area contributed by atoms with Crippen LogP contribution in [0.3, 0.4) is 0 Å². The molecule has 0 aliphatic heterocycles. The zero-order valence-electron chi connectivity index (χ0n) is 9.16. The van der Waals surface area contributed by atoms with Gasteiger partial charge in [-0.2, -0.15) is 0 Å². The van der Waals surface area contributed by atoms with Crippen molar-refractivity contribution >= 4 is 0 Å². The number of benzene rings is 1. The molecule has 0 saturated heterocycles. The summed E-state index contributed by atoms with van der Waals surface area (Å²) in [4.78, 5) is 14.2. The van der Waals surface area contributed by atoms with E-state index in [1.54, 1.807) is 0 Å². The second kappa shape index (κ2) is 4.33. The minimum atomic E-state index is -0.112. The molecule has 3 heteroatoms. The zero-order valence-corrected chi connectivity index (χ0v) is 9.16. The lowest BCUT2D eigenvalue weighted by Crippen LogP contribution is -2.09. The van der Waals surface area contributed by atoms with E-state index in [4.69, 9.17) is 5.73 Å². The monoisotopic (exact) mass is 214 g/mol. The van der Waals surface area contributed by atoms with Crippen LogP contribution in [-0.2, 0) is 6.54 Å². The number of nitrogens with one attached hydrogen (secondary N) is 1. The number of aryl methyl sites for hydroxylation is 1. The molecule has 2 rings (SSSR count). The maximum absolute atomic E-state index is 11.4. The van der Waals surface area contributed by atoms with Crippen LogP contribution in [0.5, 0.6) is 0 Å². The van der Waals surface area contributed by atoms with Crippen molar-refractivity contribution in [2.24, 2.45) is 5.73 Å². The molecule has 0 unspecified atom stereocenters. The molecule has 1 aromatic heterocycles. The van der Waals surface area contributed by atoms with E-state index in [-0.39, 0.29) is 5.56 Å². The van der Waals surface area contributed by atoms with Crippen LogP contribution in [0.4, 0.5) is 0 Å². The van der Waals surface area contributed by atoms with Crippen molar-refractivity contribution in [2.75, 3.05) is 0 Å². The van der Waals surface area contributed by atoms with Gasteiger partial charge < -0.3 is 10.7 Å². The van der Waals surface area contributed by atoms with Gasteiger partial charge in [-0.15, -0.1) is 0 Å². The Morgan fingerprint density at radius 1 is 1.19 bits per heavy atom. The molecular formula is C13H14N2O. The lowest BCUT2D eigenvalue weighted by molar-refractivity contribution is 1.05. The van der Waals surface area contributed by atoms with Crippen LogP contribution < -0.4 is 11.3 Å². The van der Waals surface area contributed by atoms with Gasteiger partial charge in [-0.25, -0.2) is 0 Å². The lowest BCUT2D eigenvalue weighted by Gasteiger charge is -2.04. The van der Waals surface area contributed by atoms with Crippen LogP contribution in [0.2, 0.25) is 0 Å². The smallest absolute Gasteiger partial charge is 0.248 e. The number of hydrogen-bond acceptors (Lipinski definition) is 2. The van der Waals surface area contributed by atoms with E-state index < -0.39 is 0 Å². The van der Waals surface area contributed by atoms with Gasteiger partial charge in [0.1, 0.15) is 0 Å². The van der Waals surface area contributed by atoms with Gasteiger partial charge in [0.15, 0.2) is 0 Å². The molecular weight excluding hydrogens is 200 g/mol. The van der Waals surface area contributed by atoms with E-state index in [9.17, 15) is 4.79 Å². The normalized spacial score (nSPS) is 10.4. The summed E-state index contributed by atoms with van der Waals surface area (Å²) < 4.78 is 0. The summed E-state index contributed by atoms with van der Waals surface area (Å²) in [5, 5.41) is 0. The van der Waals surface area contributed by atoms with E-state index in [2.05, 4.69) is 4.98 Å². The van der Waals surface area contributed by atoms with Crippen molar-refractivity contribution in [3.63, 3.8) is 0 Å². The highest BCUT2D eigenvalue weighted by Gasteiger charge is 2.00. The van der Waals surface area contributed by atoms with Crippen LogP contribution in [0.25, 0.3) is 11.3 Å². The summed E-state index contributed by atoms with van der Waals surface area (Å²) in [5.74, 6) is 0. The molecule has 0 aliphatic carbocycles. The summed E-state index contributed by atoms with van der Waals surface area (Å²) in [5.41, 5.74) is 9.28. The van der Waals surface area contributed by atoms with E-state index >= 15 is 0 Å². The van der Waals surface area contributed by atoms with Gasteiger partial charge in [0.05, 0.1) is 0 Å². The third kappa shape index (κ3) is 2.20. The number of H-pyrrole nitrogens is 1. The quantitative estimate of drug-likeness (QED) is 0.801. The number of rotatable bonds is 2. The molecule has 0 spiro atoms. The van der Waals surface area contributed by atoms with Gasteiger partial charge in [-0.05, 0) is 24.1 Å². The lowest BCUT2D eigenvalue weighted by atomic mass is 10.1. The molecule has 0 atom stereocenters. The Balaban J connectivity index is 2.51. The predicted octanol–water partition coefficient (Wildman–Crippen LogP) is 1.81. The summed E-state index contributed by atoms with van der Waals surface area (Å²) in [6, 6.07) is 11.4. The Morgan fingerprint density at radius 3 is 2.50 bits per heavy atom. The predicted molar refractivity (Wildman–Crippen MR) is 65.1 cm³/mol. The van der Waals surface area contributed by atoms with Crippen LogP contribution in [0.1, 0.15) is 11.1 Å². The molecule has 0 bridgehead atoms. The number of aromatic nitrogens is 1. The first-order valence-electron chi connectivity index (χ1n) is 5.19. The molecule has 16 heavy (non-hydrogen) atoms. The van der Waals surface area contributed by atoms with Crippen molar-refractivity contribution in [1.29, 1.82) is 0 Å². The molecule has 0 saturated carbocycles. The van der Waals surface area contributed by atoms with Gasteiger partial charge in [-0.1, -0.05) is 29.8 Å². The Bertz CT molecular complexity index is 541. The minimum absolute atomic E-state index is 0.112. The van der Waals surface area contributed by atoms with E-state index in [0.29, 0.717) is 6.54 Å². The highest BCUT2D eigenvalue weighted by molar-refractivity contribution is 5.59. The number of hydrogen-bond donors (Lipinski definition) is 2. The van der Waals surface area contributed by atoms with Gasteiger partial charge in [0, 0.05) is 18.3 Å². The van der Waals surface area contributed by atoms with Crippen molar-refractivity contribution in [3.05, 3.63) is 57.9 Å². The van der Waals surface area contributed by atoms with Crippen molar-refractivity contribution < 1.29 is 0 Å². The van der Waals surface area contributed by atoms with Crippen LogP contribution >= 0.6 is 0 Å². The van der Waals surface area contributed by atoms with Crippen LogP contribution in [0, 0.1) is 6.92 Å². The Hall–Kier alpha value is -1.87. The molecule has 3 N–H and O–H groups in total. The molecule has 1 heterocycles. The second-order valence-corrected chi connectivity index (χ2v) is 3.84. The van der Waals surface area contributed by atoms with Gasteiger partial charge in [0.2, 0.25) is 5.56 Å². The summed E-state index contributed by atoms with van der Waals surface area (Å²) in [6.07, 6.45) is 0. The minimum Gasteiger partial charge on any atom is -0.326 e. The SMILES string of the molecule is Cc1ccc(-c2cc(CN)cc(=O)[nH]2)cc1. The third-order valence-corrected chi connectivity index (χ3v) is 2.50. The average Bonchev–Trinajstić information content (AvgIpc) is 2.29. The maximum atomic E-state index is 11.4. The number of aromatic amines is 1. The van der Waals surface area contributed by atoms with E-state index in [1.165, 1.54) is 11.6 Å². The van der Waals surface area contributed by atoms with Crippen molar-refractivity contribution in [2.45, 2.75) is 13.5 Å². The number of nitrogens with two attached hydrogens (primary N) is 1. The van der Waals surface area contributed by atoms with Crippen molar-refractivity contribution in [1.82, 2.24) is 4.98 Å². The van der Waals surface area contributed by atoms with Gasteiger partial charge >= 0.3 is 0 Å². The highest BCUT2D eigenvalue weighted by atomic mass is 16.1. The van der Waals surface area contributed by atoms with Gasteiger partial charge in [-0.3, -0.25) is 4.79 Å². The fourth-order valence-corrected chi connectivity index (χ4v) is 1.61. The van der Waals surface area contributed by atoms with Gasteiger partial charge in [0.25, 0.3) is 0 Å². The standard InChI is InChI=1S/C13H14N2O/c1-9-2-4-11(5-3-9)12-6-10(8-14)7-13(16)15-12/h2-7H,8,14H2,1H3,(H,15,16). The Labute approximate surface area is 93.9 Å². The summed E-state index contributed by atoms with van der Waals surface area (Å²) in [7, 11) is 0. The molecule has 2 aromatic rings. The zero-order chi connectivity index (χ0) is 11.5. The molecule has 0 fully saturated rings. The first kappa shape index (κ1) is 10.6. The molecule has 0 aliphatic rings. The Kier molecular flexibility index (Phi) is 2.88. The van der Waals surface area contributed by atoms with Crippen molar-refractivity contribution in [3.8, 4) is 11.3 Å².